The molecule has 2 amide bonds. The fraction of sp³-hybridized carbons (Fsp3) is 0.846. The van der Waals surface area contributed by atoms with Crippen molar-refractivity contribution in [3.05, 3.63) is 0 Å². The summed E-state index contributed by atoms with van der Waals surface area (Å²) >= 11 is 0. The third kappa shape index (κ3) is 2.34. The van der Waals surface area contributed by atoms with Crippen LogP contribution in [0.4, 0.5) is 0 Å². The minimum absolute atomic E-state index is 0.0666. The van der Waals surface area contributed by atoms with Gasteiger partial charge in [0.25, 0.3) is 0 Å². The lowest BCUT2D eigenvalue weighted by Gasteiger charge is -2.38. The highest BCUT2D eigenvalue weighted by Crippen LogP contribution is 2.24. The van der Waals surface area contributed by atoms with Gasteiger partial charge in [-0.15, -0.1) is 0 Å². The van der Waals surface area contributed by atoms with Crippen LogP contribution in [0.15, 0.2) is 0 Å². The van der Waals surface area contributed by atoms with Gasteiger partial charge in [0.1, 0.15) is 6.04 Å². The van der Waals surface area contributed by atoms with E-state index in [0.29, 0.717) is 19.1 Å². The third-order valence-electron chi connectivity index (χ3n) is 4.50. The van der Waals surface area contributed by atoms with E-state index in [1.807, 2.05) is 0 Å². The lowest BCUT2D eigenvalue weighted by Crippen LogP contribution is -2.59. The van der Waals surface area contributed by atoms with Crippen LogP contribution in [0, 0.1) is 5.92 Å². The zero-order valence-corrected chi connectivity index (χ0v) is 11.1. The number of amides is 2. The van der Waals surface area contributed by atoms with Gasteiger partial charge in [-0.3, -0.25) is 9.59 Å². The quantitative estimate of drug-likeness (QED) is 0.725. The second-order valence-electron chi connectivity index (χ2n) is 5.75. The second kappa shape index (κ2) is 5.09. The molecule has 3 heterocycles. The third-order valence-corrected chi connectivity index (χ3v) is 4.50. The van der Waals surface area contributed by atoms with Crippen molar-refractivity contribution in [2.75, 3.05) is 32.8 Å². The highest BCUT2D eigenvalue weighted by molar-refractivity contribution is 5.95. The van der Waals surface area contributed by atoms with Crippen molar-refractivity contribution < 1.29 is 14.3 Å². The van der Waals surface area contributed by atoms with E-state index in [2.05, 4.69) is 0 Å². The van der Waals surface area contributed by atoms with E-state index in [1.165, 1.54) is 0 Å². The molecule has 3 unspecified atom stereocenters. The summed E-state index contributed by atoms with van der Waals surface area (Å²) in [6.45, 7) is 2.82. The smallest absolute Gasteiger partial charge is 0.245 e. The van der Waals surface area contributed by atoms with Gasteiger partial charge in [0.2, 0.25) is 11.8 Å². The summed E-state index contributed by atoms with van der Waals surface area (Å²) in [5, 5.41) is 0. The summed E-state index contributed by atoms with van der Waals surface area (Å²) < 4.78 is 5.33. The molecule has 6 heteroatoms. The molecule has 3 fully saturated rings. The molecule has 3 saturated heterocycles. The van der Waals surface area contributed by atoms with E-state index in [4.69, 9.17) is 10.5 Å². The van der Waals surface area contributed by atoms with Crippen LogP contribution >= 0.6 is 0 Å². The molecule has 2 N–H and O–H groups in total. The van der Waals surface area contributed by atoms with Gasteiger partial charge in [-0.1, -0.05) is 0 Å². The molecule has 3 aliphatic rings. The molecule has 0 aliphatic carbocycles. The van der Waals surface area contributed by atoms with Crippen LogP contribution in [0.2, 0.25) is 0 Å². The second-order valence-corrected chi connectivity index (χ2v) is 5.75. The maximum atomic E-state index is 12.3. The van der Waals surface area contributed by atoms with Crippen LogP contribution in [0.25, 0.3) is 0 Å². The lowest BCUT2D eigenvalue weighted by molar-refractivity contribution is -0.153. The minimum atomic E-state index is -0.228. The molecule has 3 rings (SSSR count). The number of nitrogens with zero attached hydrogens (tertiary/aromatic N) is 2. The van der Waals surface area contributed by atoms with Gasteiger partial charge in [0.15, 0.2) is 0 Å². The fourth-order valence-corrected chi connectivity index (χ4v) is 3.31. The normalized spacial score (nSPS) is 32.9. The molecule has 6 nitrogen and oxygen atoms in total. The van der Waals surface area contributed by atoms with Crippen molar-refractivity contribution in [2.24, 2.45) is 11.7 Å². The monoisotopic (exact) mass is 267 g/mol. The first-order chi connectivity index (χ1) is 9.16. The Morgan fingerprint density at radius 3 is 2.95 bits per heavy atom. The molecule has 3 aliphatic heterocycles. The highest BCUT2D eigenvalue weighted by Gasteiger charge is 2.42. The average molecular weight is 267 g/mol. The van der Waals surface area contributed by atoms with Gasteiger partial charge < -0.3 is 20.3 Å². The van der Waals surface area contributed by atoms with Crippen LogP contribution in [0.1, 0.15) is 19.3 Å². The van der Waals surface area contributed by atoms with Crippen molar-refractivity contribution in [1.29, 1.82) is 0 Å². The standard InChI is InChI=1S/C13H21N3O3/c14-10(9-3-5-19-8-9)6-15-7-12(17)16-4-1-2-11(16)13(15)18/h9-11H,1-8,14H2. The molecule has 0 aromatic heterocycles. The topological polar surface area (TPSA) is 75.9 Å². The van der Waals surface area contributed by atoms with E-state index in [0.717, 1.165) is 32.4 Å². The number of piperazine rings is 1. The number of fused-ring (bicyclic) bond motifs is 1. The van der Waals surface area contributed by atoms with Gasteiger partial charge in [0.05, 0.1) is 13.2 Å². The lowest BCUT2D eigenvalue weighted by atomic mass is 9.98. The van der Waals surface area contributed by atoms with Crippen molar-refractivity contribution in [1.82, 2.24) is 9.80 Å². The van der Waals surface area contributed by atoms with E-state index >= 15 is 0 Å². The van der Waals surface area contributed by atoms with Gasteiger partial charge in [-0.05, 0) is 19.3 Å². The Kier molecular flexibility index (Phi) is 3.45. The number of carbonyl (C=O) groups excluding carboxylic acids is 2. The van der Waals surface area contributed by atoms with Crippen molar-refractivity contribution in [2.45, 2.75) is 31.3 Å². The van der Waals surface area contributed by atoms with E-state index in [9.17, 15) is 9.59 Å². The molecule has 0 aromatic rings. The Bertz CT molecular complexity index is 381. The molecule has 0 bridgehead atoms. The summed E-state index contributed by atoms with van der Waals surface area (Å²) in [6, 6.07) is -0.319. The first-order valence-electron chi connectivity index (χ1n) is 7.08. The van der Waals surface area contributed by atoms with E-state index in [1.54, 1.807) is 9.80 Å². The first-order valence-corrected chi connectivity index (χ1v) is 7.08. The average Bonchev–Trinajstić information content (AvgIpc) is 3.05. The molecule has 0 saturated carbocycles. The summed E-state index contributed by atoms with van der Waals surface area (Å²) in [5.74, 6) is 0.452. The van der Waals surface area contributed by atoms with Crippen LogP contribution in [-0.2, 0) is 14.3 Å². The Hall–Kier alpha value is -1.14. The van der Waals surface area contributed by atoms with Crippen LogP contribution < -0.4 is 5.73 Å². The number of hydrogen-bond acceptors (Lipinski definition) is 4. The van der Waals surface area contributed by atoms with Crippen LogP contribution in [-0.4, -0.2) is 66.5 Å². The molecule has 0 radical (unpaired) electrons. The molecule has 106 valence electrons. The van der Waals surface area contributed by atoms with Crippen molar-refractivity contribution in [3.63, 3.8) is 0 Å². The molecule has 0 spiro atoms. The van der Waals surface area contributed by atoms with Gasteiger partial charge in [0, 0.05) is 31.7 Å². The van der Waals surface area contributed by atoms with E-state index in [-0.39, 0.29) is 30.4 Å². The summed E-state index contributed by atoms with van der Waals surface area (Å²) in [6.07, 6.45) is 2.67. The van der Waals surface area contributed by atoms with Gasteiger partial charge in [-0.25, -0.2) is 0 Å². The zero-order valence-electron chi connectivity index (χ0n) is 11.1. The predicted octanol–water partition coefficient (Wildman–Crippen LogP) is -0.817. The Morgan fingerprint density at radius 2 is 2.21 bits per heavy atom. The summed E-state index contributed by atoms with van der Waals surface area (Å²) in [7, 11) is 0. The van der Waals surface area contributed by atoms with Gasteiger partial charge in [-0.2, -0.15) is 0 Å². The Labute approximate surface area is 112 Å². The maximum Gasteiger partial charge on any atom is 0.245 e. The van der Waals surface area contributed by atoms with Crippen LogP contribution in [0.5, 0.6) is 0 Å². The molecular weight excluding hydrogens is 246 g/mol. The van der Waals surface area contributed by atoms with Gasteiger partial charge >= 0.3 is 0 Å². The molecule has 3 atom stereocenters. The number of ether oxygens (including phenoxy) is 1. The number of rotatable bonds is 3. The molecule has 0 aromatic carbocycles. The summed E-state index contributed by atoms with van der Waals surface area (Å²) in [4.78, 5) is 27.7. The van der Waals surface area contributed by atoms with Crippen molar-refractivity contribution in [3.8, 4) is 0 Å². The molecule has 19 heavy (non-hydrogen) atoms. The number of hydrogen-bond donors (Lipinski definition) is 1. The first kappa shape index (κ1) is 12.9. The Balaban J connectivity index is 1.64. The fourth-order valence-electron chi connectivity index (χ4n) is 3.31. The van der Waals surface area contributed by atoms with Crippen molar-refractivity contribution >= 4 is 11.8 Å². The largest absolute Gasteiger partial charge is 0.381 e. The number of carbonyl (C=O) groups is 2. The summed E-state index contributed by atoms with van der Waals surface area (Å²) in [5.41, 5.74) is 6.16. The Morgan fingerprint density at radius 1 is 1.37 bits per heavy atom. The highest BCUT2D eigenvalue weighted by atomic mass is 16.5. The minimum Gasteiger partial charge on any atom is -0.381 e. The van der Waals surface area contributed by atoms with E-state index < -0.39 is 0 Å². The van der Waals surface area contributed by atoms with Crippen LogP contribution in [0.3, 0.4) is 0 Å². The predicted molar refractivity (Wildman–Crippen MR) is 68.2 cm³/mol. The SMILES string of the molecule is NC(CN1CC(=O)N2CCCC2C1=O)C1CCOC1. The maximum absolute atomic E-state index is 12.3. The number of nitrogens with two attached hydrogens (primary N) is 1. The zero-order chi connectivity index (χ0) is 13.4. The molecular formula is C13H21N3O3.